The highest BCUT2D eigenvalue weighted by Crippen LogP contribution is 2.20. The predicted octanol–water partition coefficient (Wildman–Crippen LogP) is 2.59. The summed E-state index contributed by atoms with van der Waals surface area (Å²) in [6.45, 7) is 6.82. The standard InChI is InChI=1S/C19H22F2N2O3/c1-9-16(19(25)26-5)11(3)23-17(9)18(24)12(4)22-10(2)14-7-6-13(20)8-15(14)21/h6-8,10,12,22-23H,1-5H3/p+1/t10-,12+/m0/s1. The molecule has 0 unspecified atom stereocenters. The zero-order valence-corrected chi connectivity index (χ0v) is 15.4. The van der Waals surface area contributed by atoms with Crippen molar-refractivity contribution in [3.63, 3.8) is 0 Å². The Bertz CT molecular complexity index is 846. The topological polar surface area (TPSA) is 75.8 Å². The molecule has 26 heavy (non-hydrogen) atoms. The summed E-state index contributed by atoms with van der Waals surface area (Å²) < 4.78 is 31.7. The van der Waals surface area contributed by atoms with Crippen LogP contribution in [0, 0.1) is 25.5 Å². The van der Waals surface area contributed by atoms with E-state index < -0.39 is 23.6 Å². The van der Waals surface area contributed by atoms with Gasteiger partial charge in [-0.2, -0.15) is 0 Å². The van der Waals surface area contributed by atoms with Crippen LogP contribution in [0.15, 0.2) is 18.2 Å². The molecule has 2 atom stereocenters. The molecule has 2 aromatic rings. The number of quaternary nitrogens is 1. The minimum absolute atomic E-state index is 0.213. The van der Waals surface area contributed by atoms with Crippen molar-refractivity contribution in [2.45, 2.75) is 39.8 Å². The Kier molecular flexibility index (Phi) is 5.92. The molecule has 0 spiro atoms. The predicted molar refractivity (Wildman–Crippen MR) is 92.1 cm³/mol. The SMILES string of the molecule is COC(=O)c1c(C)[nH]c(C(=O)[C@@H](C)[NH2+][C@@H](C)c2ccc(F)cc2F)c1C. The zero-order chi connectivity index (χ0) is 19.6. The van der Waals surface area contributed by atoms with Gasteiger partial charge in [-0.05, 0) is 45.4 Å². The van der Waals surface area contributed by atoms with Gasteiger partial charge in [-0.1, -0.05) is 0 Å². The Labute approximate surface area is 150 Å². The molecule has 0 aliphatic carbocycles. The van der Waals surface area contributed by atoms with Crippen molar-refractivity contribution in [3.8, 4) is 0 Å². The Morgan fingerprint density at radius 1 is 1.19 bits per heavy atom. The number of methoxy groups -OCH3 is 1. The van der Waals surface area contributed by atoms with Gasteiger partial charge in [0.15, 0.2) is 0 Å². The number of ether oxygens (including phenoxy) is 1. The fourth-order valence-electron chi connectivity index (χ4n) is 3.13. The van der Waals surface area contributed by atoms with E-state index in [1.54, 1.807) is 33.0 Å². The number of carbonyl (C=O) groups excluding carboxylic acids is 2. The van der Waals surface area contributed by atoms with E-state index in [0.29, 0.717) is 28.1 Å². The van der Waals surface area contributed by atoms with E-state index in [4.69, 9.17) is 4.74 Å². The molecule has 0 aliphatic heterocycles. The van der Waals surface area contributed by atoms with Gasteiger partial charge in [-0.15, -0.1) is 0 Å². The number of H-pyrrole nitrogens is 1. The van der Waals surface area contributed by atoms with E-state index in [9.17, 15) is 18.4 Å². The number of ketones is 1. The van der Waals surface area contributed by atoms with Gasteiger partial charge >= 0.3 is 5.97 Å². The average molecular weight is 365 g/mol. The molecule has 0 saturated heterocycles. The maximum Gasteiger partial charge on any atom is 0.339 e. The van der Waals surface area contributed by atoms with E-state index >= 15 is 0 Å². The fraction of sp³-hybridized carbons (Fsp3) is 0.368. The molecule has 140 valence electrons. The summed E-state index contributed by atoms with van der Waals surface area (Å²) in [6.07, 6.45) is 0. The first-order valence-electron chi connectivity index (χ1n) is 8.29. The number of nitrogens with two attached hydrogens (primary N) is 1. The molecule has 0 fully saturated rings. The molecule has 3 N–H and O–H groups in total. The quantitative estimate of drug-likeness (QED) is 0.610. The van der Waals surface area contributed by atoms with Crippen LogP contribution in [0.1, 0.15) is 57.6 Å². The van der Waals surface area contributed by atoms with Gasteiger partial charge in [0, 0.05) is 17.3 Å². The molecule has 1 heterocycles. The maximum atomic E-state index is 13.9. The van der Waals surface area contributed by atoms with E-state index in [2.05, 4.69) is 4.98 Å². The third-order valence-corrected chi connectivity index (χ3v) is 4.52. The summed E-state index contributed by atoms with van der Waals surface area (Å²) in [6, 6.07) is 2.48. The zero-order valence-electron chi connectivity index (χ0n) is 15.4. The van der Waals surface area contributed by atoms with Gasteiger partial charge in [-0.3, -0.25) is 4.79 Å². The maximum absolute atomic E-state index is 13.9. The summed E-state index contributed by atoms with van der Waals surface area (Å²) in [5.41, 5.74) is 2.09. The van der Waals surface area contributed by atoms with E-state index in [-0.39, 0.29) is 11.8 Å². The van der Waals surface area contributed by atoms with Crippen LogP contribution in [0.5, 0.6) is 0 Å². The van der Waals surface area contributed by atoms with Crippen LogP contribution in [0.4, 0.5) is 8.78 Å². The number of benzene rings is 1. The lowest BCUT2D eigenvalue weighted by molar-refractivity contribution is -0.709. The molecule has 1 aromatic heterocycles. The summed E-state index contributed by atoms with van der Waals surface area (Å²) >= 11 is 0. The second kappa shape index (κ2) is 7.78. The number of aromatic amines is 1. The highest BCUT2D eigenvalue weighted by Gasteiger charge is 2.28. The van der Waals surface area contributed by atoms with Gasteiger partial charge < -0.3 is 15.0 Å². The van der Waals surface area contributed by atoms with Crippen LogP contribution in [0.25, 0.3) is 0 Å². The lowest BCUT2D eigenvalue weighted by Gasteiger charge is -2.16. The molecule has 0 saturated carbocycles. The highest BCUT2D eigenvalue weighted by atomic mass is 19.1. The van der Waals surface area contributed by atoms with Gasteiger partial charge in [-0.25, -0.2) is 13.6 Å². The molecule has 0 aliphatic rings. The minimum Gasteiger partial charge on any atom is -0.465 e. The number of Topliss-reactive ketones (excluding diaryl/α,β-unsaturated/α-hetero) is 1. The normalized spacial score (nSPS) is 13.3. The second-order valence-corrected chi connectivity index (χ2v) is 6.42. The third-order valence-electron chi connectivity index (χ3n) is 4.52. The third kappa shape index (κ3) is 3.83. The number of carbonyl (C=O) groups is 2. The van der Waals surface area contributed by atoms with Gasteiger partial charge in [0.05, 0.1) is 18.4 Å². The number of aromatic nitrogens is 1. The van der Waals surface area contributed by atoms with Gasteiger partial charge in [0.25, 0.3) is 0 Å². The van der Waals surface area contributed by atoms with Crippen molar-refractivity contribution in [1.82, 2.24) is 4.98 Å². The molecular formula is C19H23F2N2O3+. The van der Waals surface area contributed by atoms with Crippen LogP contribution in [0.3, 0.4) is 0 Å². The van der Waals surface area contributed by atoms with E-state index in [0.717, 1.165) is 6.07 Å². The Morgan fingerprint density at radius 3 is 2.42 bits per heavy atom. The van der Waals surface area contributed by atoms with Crippen molar-refractivity contribution in [2.24, 2.45) is 0 Å². The van der Waals surface area contributed by atoms with Crippen LogP contribution >= 0.6 is 0 Å². The van der Waals surface area contributed by atoms with Crippen LogP contribution in [-0.4, -0.2) is 29.9 Å². The summed E-state index contributed by atoms with van der Waals surface area (Å²) in [4.78, 5) is 27.6. The van der Waals surface area contributed by atoms with E-state index in [1.807, 2.05) is 0 Å². The average Bonchev–Trinajstić information content (AvgIpc) is 2.87. The largest absolute Gasteiger partial charge is 0.465 e. The van der Waals surface area contributed by atoms with Crippen LogP contribution < -0.4 is 5.32 Å². The molecule has 5 nitrogen and oxygen atoms in total. The lowest BCUT2D eigenvalue weighted by Crippen LogP contribution is -2.91. The summed E-state index contributed by atoms with van der Waals surface area (Å²) in [5.74, 6) is -2.01. The number of hydrogen-bond donors (Lipinski definition) is 2. The Morgan fingerprint density at radius 2 is 1.85 bits per heavy atom. The molecule has 2 rings (SSSR count). The van der Waals surface area contributed by atoms with Crippen molar-refractivity contribution < 1.29 is 28.4 Å². The fourth-order valence-corrected chi connectivity index (χ4v) is 3.13. The molecule has 0 radical (unpaired) electrons. The number of nitrogens with one attached hydrogen (secondary N) is 1. The second-order valence-electron chi connectivity index (χ2n) is 6.42. The van der Waals surface area contributed by atoms with Crippen molar-refractivity contribution in [1.29, 1.82) is 0 Å². The number of hydrogen-bond acceptors (Lipinski definition) is 3. The molecule has 7 heteroatoms. The molecular weight excluding hydrogens is 342 g/mol. The monoisotopic (exact) mass is 365 g/mol. The van der Waals surface area contributed by atoms with Crippen molar-refractivity contribution in [3.05, 3.63) is 57.9 Å². The first-order valence-corrected chi connectivity index (χ1v) is 8.29. The van der Waals surface area contributed by atoms with Crippen molar-refractivity contribution >= 4 is 11.8 Å². The first kappa shape index (κ1) is 19.8. The van der Waals surface area contributed by atoms with E-state index in [1.165, 1.54) is 19.2 Å². The van der Waals surface area contributed by atoms with Crippen molar-refractivity contribution in [2.75, 3.05) is 7.11 Å². The molecule has 0 bridgehead atoms. The Hall–Kier alpha value is -2.54. The number of rotatable bonds is 6. The lowest BCUT2D eigenvalue weighted by atomic mass is 10.0. The molecule has 1 aromatic carbocycles. The summed E-state index contributed by atoms with van der Waals surface area (Å²) in [5, 5.41) is 1.70. The first-order chi connectivity index (χ1) is 12.2. The molecule has 0 amide bonds. The van der Waals surface area contributed by atoms with Crippen LogP contribution in [-0.2, 0) is 4.74 Å². The Balaban J connectivity index is 2.21. The number of halogens is 2. The summed E-state index contributed by atoms with van der Waals surface area (Å²) in [7, 11) is 1.28. The minimum atomic E-state index is -0.645. The van der Waals surface area contributed by atoms with Gasteiger partial charge in [0.2, 0.25) is 5.78 Å². The highest BCUT2D eigenvalue weighted by molar-refractivity contribution is 6.03. The van der Waals surface area contributed by atoms with Gasteiger partial charge in [0.1, 0.15) is 23.7 Å². The number of aryl methyl sites for hydroxylation is 1. The smallest absolute Gasteiger partial charge is 0.339 e. The number of esters is 1. The van der Waals surface area contributed by atoms with Crippen LogP contribution in [0.2, 0.25) is 0 Å².